The first-order valence-corrected chi connectivity index (χ1v) is 16.3. The van der Waals surface area contributed by atoms with Crippen molar-refractivity contribution >= 4 is 76.7 Å². The molecule has 0 N–H and O–H groups in total. The van der Waals surface area contributed by atoms with Gasteiger partial charge < -0.3 is 0 Å². The van der Waals surface area contributed by atoms with E-state index in [0.29, 0.717) is 0 Å². The van der Waals surface area contributed by atoms with Crippen molar-refractivity contribution in [3.8, 4) is 0 Å². The Morgan fingerprint density at radius 3 is 1.12 bits per heavy atom. The highest BCUT2D eigenvalue weighted by Gasteiger charge is 2.11. The van der Waals surface area contributed by atoms with Gasteiger partial charge >= 0.3 is 0 Å². The van der Waals surface area contributed by atoms with Gasteiger partial charge in [-0.15, -0.1) is 35.7 Å². The monoisotopic (exact) mass is 352 g/mol. The number of hydrogen-bond acceptors (Lipinski definition) is 0. The fourth-order valence-electron chi connectivity index (χ4n) is 0.119. The first-order valence-electron chi connectivity index (χ1n) is 1.60. The van der Waals surface area contributed by atoms with Gasteiger partial charge in [0.1, 0.15) is 0 Å². The molecule has 0 aliphatic carbocycles. The average Bonchev–Trinajstić information content (AvgIpc) is 1.64. The highest BCUT2D eigenvalue weighted by Crippen LogP contribution is 3.00. The van der Waals surface area contributed by atoms with Gasteiger partial charge in [-0.1, -0.05) is 0 Å². The van der Waals surface area contributed by atoms with Gasteiger partial charge in [-0.25, -0.2) is 0 Å². The molecule has 0 spiro atoms. The molecular formula is H8IP7. The molecule has 8 heteroatoms. The van der Waals surface area contributed by atoms with Crippen molar-refractivity contribution in [2.45, 2.75) is 0 Å². The summed E-state index contributed by atoms with van der Waals surface area (Å²) in [4.78, 5) is 0.253. The van der Waals surface area contributed by atoms with Gasteiger partial charge in [0.25, 0.3) is 0 Å². The molecule has 4 unspecified atom stereocenters. The van der Waals surface area contributed by atoms with Crippen LogP contribution in [0.3, 0.4) is 0 Å². The molecule has 0 aliphatic heterocycles. The summed E-state index contributed by atoms with van der Waals surface area (Å²) in [6.45, 7) is 0.342. The van der Waals surface area contributed by atoms with Gasteiger partial charge in [0, 0.05) is 4.94 Å². The van der Waals surface area contributed by atoms with E-state index in [0.717, 1.165) is 0 Å². The van der Waals surface area contributed by atoms with Crippen LogP contribution in [0.1, 0.15) is 0 Å². The Morgan fingerprint density at radius 1 is 0.875 bits per heavy atom. The molecule has 0 saturated heterocycles. The molecule has 50 valence electrons. The molecule has 8 heavy (non-hydrogen) atoms. The Bertz CT molecular complexity index is 49.4. The topological polar surface area (TPSA) is 0 Å². The zero-order chi connectivity index (χ0) is 6.73. The van der Waals surface area contributed by atoms with E-state index in [1.165, 1.54) is 0 Å². The average molecular weight is 352 g/mol. The van der Waals surface area contributed by atoms with Crippen LogP contribution >= 0.6 is 76.7 Å². The van der Waals surface area contributed by atoms with E-state index in [1.807, 2.05) is 0 Å². The van der Waals surface area contributed by atoms with E-state index >= 15 is 0 Å². The van der Waals surface area contributed by atoms with Crippen molar-refractivity contribution in [3.63, 3.8) is 0 Å². The molecule has 0 aromatic heterocycles. The Labute approximate surface area is 76.2 Å². The SMILES string of the molecule is PP(P)P(I)P(P)P. The lowest BCUT2D eigenvalue weighted by Crippen LogP contribution is -1.27. The maximum absolute atomic E-state index is 2.88. The van der Waals surface area contributed by atoms with Crippen LogP contribution in [0.15, 0.2) is 0 Å². The summed E-state index contributed by atoms with van der Waals surface area (Å²) in [6, 6.07) is 0. The molecule has 0 nitrogen and oxygen atoms in total. The van der Waals surface area contributed by atoms with E-state index in [9.17, 15) is 0 Å². The van der Waals surface area contributed by atoms with E-state index in [4.69, 9.17) is 0 Å². The number of hydrogen-bond donors (Lipinski definition) is 0. The van der Waals surface area contributed by atoms with Gasteiger partial charge in [-0.3, -0.25) is 0 Å². The Hall–Kier alpha value is 3.74. The van der Waals surface area contributed by atoms with Crippen molar-refractivity contribution in [2.75, 3.05) is 0 Å². The highest BCUT2D eigenvalue weighted by atomic mass is 127. The van der Waals surface area contributed by atoms with Gasteiger partial charge in [-0.2, -0.15) is 0 Å². The van der Waals surface area contributed by atoms with Gasteiger partial charge in [0.05, 0.1) is 0 Å². The van der Waals surface area contributed by atoms with Crippen molar-refractivity contribution in [1.29, 1.82) is 0 Å². The molecule has 0 saturated carbocycles. The zero-order valence-corrected chi connectivity index (χ0v) is 13.5. The van der Waals surface area contributed by atoms with Crippen LogP contribution in [0.25, 0.3) is 0 Å². The van der Waals surface area contributed by atoms with Crippen molar-refractivity contribution in [3.05, 3.63) is 0 Å². The number of rotatable bonds is 2. The lowest BCUT2D eigenvalue weighted by Gasteiger charge is -2.16. The van der Waals surface area contributed by atoms with Crippen molar-refractivity contribution in [1.82, 2.24) is 0 Å². The van der Waals surface area contributed by atoms with Crippen molar-refractivity contribution in [2.24, 2.45) is 0 Å². The first-order chi connectivity index (χ1) is 3.55. The molecule has 0 amide bonds. The summed E-state index contributed by atoms with van der Waals surface area (Å²) in [6.07, 6.45) is 0. The first kappa shape index (κ1) is 11.7. The van der Waals surface area contributed by atoms with Gasteiger partial charge in [-0.05, 0) is 36.0 Å². The van der Waals surface area contributed by atoms with E-state index < -0.39 is 0 Å². The fraction of sp³-hybridized carbons (Fsp3) is 0. The molecule has 0 fully saturated rings. The van der Waals surface area contributed by atoms with Crippen LogP contribution in [-0.4, -0.2) is 0 Å². The lowest BCUT2D eigenvalue weighted by molar-refractivity contribution is 4.89. The Balaban J connectivity index is 3.46. The predicted molar refractivity (Wildman–Crippen MR) is 73.6 cm³/mol. The van der Waals surface area contributed by atoms with Crippen LogP contribution in [-0.2, 0) is 0 Å². The standard InChI is InChI=1S/H8IP7/c1-6(7(2)3)8(4)5/h2-5H2. The summed E-state index contributed by atoms with van der Waals surface area (Å²) >= 11 is 2.56. The molecule has 4 atom stereocenters. The third-order valence-electron chi connectivity index (χ3n) is 0.381. The minimum atomic E-state index is 0.171. The van der Waals surface area contributed by atoms with E-state index in [2.05, 4.69) is 57.8 Å². The maximum Gasteiger partial charge on any atom is 0.0246 e. The molecule has 0 aromatic carbocycles. The Morgan fingerprint density at radius 2 is 1.12 bits per heavy atom. The summed E-state index contributed by atoms with van der Waals surface area (Å²) in [5, 5.41) is 0. The third kappa shape index (κ3) is 5.40. The van der Waals surface area contributed by atoms with Crippen molar-refractivity contribution < 1.29 is 0 Å². The van der Waals surface area contributed by atoms with E-state index in [-0.39, 0.29) is 18.9 Å². The number of halogens is 1. The molecular weight excluding hydrogens is 344 g/mol. The summed E-state index contributed by atoms with van der Waals surface area (Å²) in [7, 11) is 11.5. The van der Waals surface area contributed by atoms with Crippen LogP contribution in [0.5, 0.6) is 0 Å². The fourth-order valence-corrected chi connectivity index (χ4v) is 29.0. The molecule has 0 heterocycles. The van der Waals surface area contributed by atoms with Crippen LogP contribution < -0.4 is 0 Å². The molecule has 0 bridgehead atoms. The minimum Gasteiger partial charge on any atom is -0.102 e. The summed E-state index contributed by atoms with van der Waals surface area (Å²) in [5.74, 6) is 0. The Kier molecular flexibility index (Phi) is 9.21. The second-order valence-electron chi connectivity index (χ2n) is 1.00. The lowest BCUT2D eigenvalue weighted by atomic mass is 29.0. The summed E-state index contributed by atoms with van der Waals surface area (Å²) < 4.78 is 0. The zero-order valence-electron chi connectivity index (χ0n) is 4.03. The normalized spacial score (nSPS) is 12.0. The third-order valence-corrected chi connectivity index (χ3v) is 48.4. The van der Waals surface area contributed by atoms with Crippen LogP contribution in [0, 0.1) is 0 Å². The molecule has 0 aliphatic rings. The van der Waals surface area contributed by atoms with Gasteiger partial charge in [0.15, 0.2) is 0 Å². The molecule has 0 aromatic rings. The highest BCUT2D eigenvalue weighted by molar-refractivity contribution is 14.2. The van der Waals surface area contributed by atoms with Crippen LogP contribution in [0.4, 0.5) is 0 Å². The molecule has 0 rings (SSSR count). The minimum absolute atomic E-state index is 0.171. The quantitative estimate of drug-likeness (QED) is 0.496. The smallest absolute Gasteiger partial charge is 0.0246 e. The van der Waals surface area contributed by atoms with Gasteiger partial charge in [0.2, 0.25) is 0 Å². The maximum atomic E-state index is 2.88. The molecule has 0 radical (unpaired) electrons. The largest absolute Gasteiger partial charge is 0.102 e. The van der Waals surface area contributed by atoms with Crippen LogP contribution in [0.2, 0.25) is 0 Å². The predicted octanol–water partition coefficient (Wildman–Crippen LogP) is 4.77. The second kappa shape index (κ2) is 6.28. The van der Waals surface area contributed by atoms with E-state index in [1.54, 1.807) is 0 Å². The summed E-state index contributed by atoms with van der Waals surface area (Å²) in [5.41, 5.74) is 0. The second-order valence-corrected chi connectivity index (χ2v) is 32.1.